The maximum atomic E-state index is 9.03. The first-order valence-corrected chi connectivity index (χ1v) is 6.41. The van der Waals surface area contributed by atoms with Gasteiger partial charge in [0.15, 0.2) is 0 Å². The number of hydrogen-bond donors (Lipinski definition) is 0. The van der Waals surface area contributed by atoms with E-state index >= 15 is 0 Å². The third kappa shape index (κ3) is 3.35. The van der Waals surface area contributed by atoms with Crippen molar-refractivity contribution in [3.05, 3.63) is 65.2 Å². The third-order valence-electron chi connectivity index (χ3n) is 3.06. The van der Waals surface area contributed by atoms with Crippen molar-refractivity contribution in [3.8, 4) is 11.8 Å². The molecule has 0 fully saturated rings. The van der Waals surface area contributed by atoms with Gasteiger partial charge in [-0.3, -0.25) is 0 Å². The zero-order valence-electron chi connectivity index (χ0n) is 11.3. The topological polar surface area (TPSA) is 33.0 Å². The molecule has 0 saturated heterocycles. The molecule has 19 heavy (non-hydrogen) atoms. The summed E-state index contributed by atoms with van der Waals surface area (Å²) in [5.41, 5.74) is 2.84. The Balaban J connectivity index is 2.11. The van der Waals surface area contributed by atoms with Gasteiger partial charge in [-0.2, -0.15) is 5.26 Å². The summed E-state index contributed by atoms with van der Waals surface area (Å²) in [6.07, 6.45) is 0. The van der Waals surface area contributed by atoms with Gasteiger partial charge in [-0.25, -0.2) is 0 Å². The van der Waals surface area contributed by atoms with Crippen LogP contribution in [0.2, 0.25) is 0 Å². The van der Waals surface area contributed by atoms with Gasteiger partial charge in [-0.1, -0.05) is 44.2 Å². The fourth-order valence-corrected chi connectivity index (χ4v) is 1.88. The van der Waals surface area contributed by atoms with Crippen LogP contribution in [0.4, 0.5) is 0 Å². The third-order valence-corrected chi connectivity index (χ3v) is 3.06. The highest BCUT2D eigenvalue weighted by molar-refractivity contribution is 5.37. The summed E-state index contributed by atoms with van der Waals surface area (Å²) < 4.78 is 5.77. The lowest BCUT2D eigenvalue weighted by Gasteiger charge is -2.10. The van der Waals surface area contributed by atoms with Crippen LogP contribution >= 0.6 is 0 Å². The van der Waals surface area contributed by atoms with E-state index < -0.39 is 0 Å². The quantitative estimate of drug-likeness (QED) is 0.813. The van der Waals surface area contributed by atoms with Gasteiger partial charge < -0.3 is 4.74 Å². The fourth-order valence-electron chi connectivity index (χ4n) is 1.88. The smallest absolute Gasteiger partial charge is 0.120 e. The van der Waals surface area contributed by atoms with E-state index in [1.54, 1.807) is 0 Å². The minimum Gasteiger partial charge on any atom is -0.489 e. The molecule has 96 valence electrons. The van der Waals surface area contributed by atoms with E-state index in [2.05, 4.69) is 32.0 Å². The minimum atomic E-state index is 0.422. The summed E-state index contributed by atoms with van der Waals surface area (Å²) in [6, 6.07) is 17.8. The van der Waals surface area contributed by atoms with Crippen LogP contribution in [0.5, 0.6) is 5.75 Å². The molecular formula is C17H17NO. The summed E-state index contributed by atoms with van der Waals surface area (Å²) in [4.78, 5) is 0. The Morgan fingerprint density at radius 1 is 1.11 bits per heavy atom. The SMILES string of the molecule is CC(C)c1cccc(OCc2ccccc2C#N)c1. The number of nitriles is 1. The van der Waals surface area contributed by atoms with Crippen LogP contribution in [0.25, 0.3) is 0 Å². The molecule has 0 bridgehead atoms. The molecule has 0 aliphatic carbocycles. The zero-order valence-corrected chi connectivity index (χ0v) is 11.3. The van der Waals surface area contributed by atoms with E-state index in [0.717, 1.165) is 11.3 Å². The average molecular weight is 251 g/mol. The average Bonchev–Trinajstić information content (AvgIpc) is 2.45. The lowest BCUT2D eigenvalue weighted by molar-refractivity contribution is 0.305. The summed E-state index contributed by atoms with van der Waals surface area (Å²) >= 11 is 0. The molecule has 0 heterocycles. The number of benzene rings is 2. The molecule has 2 rings (SSSR count). The maximum absolute atomic E-state index is 9.03. The van der Waals surface area contributed by atoms with E-state index in [9.17, 15) is 0 Å². The first-order chi connectivity index (χ1) is 9.20. The van der Waals surface area contributed by atoms with Gasteiger partial charge in [-0.15, -0.1) is 0 Å². The first-order valence-electron chi connectivity index (χ1n) is 6.41. The summed E-state index contributed by atoms with van der Waals surface area (Å²) in [6.45, 7) is 4.74. The van der Waals surface area contributed by atoms with Crippen molar-refractivity contribution >= 4 is 0 Å². The second kappa shape index (κ2) is 6.06. The Kier molecular flexibility index (Phi) is 4.20. The first kappa shape index (κ1) is 13.2. The predicted molar refractivity (Wildman–Crippen MR) is 76.0 cm³/mol. The molecule has 0 radical (unpaired) electrons. The normalized spacial score (nSPS) is 10.2. The molecule has 0 spiro atoms. The lowest BCUT2D eigenvalue weighted by Crippen LogP contribution is -1.98. The van der Waals surface area contributed by atoms with Crippen molar-refractivity contribution in [3.63, 3.8) is 0 Å². The van der Waals surface area contributed by atoms with E-state index in [0.29, 0.717) is 18.1 Å². The molecule has 2 heteroatoms. The molecule has 0 N–H and O–H groups in total. The van der Waals surface area contributed by atoms with Crippen LogP contribution in [0.15, 0.2) is 48.5 Å². The molecule has 2 aromatic rings. The van der Waals surface area contributed by atoms with Crippen molar-refractivity contribution in [1.29, 1.82) is 5.26 Å². The maximum Gasteiger partial charge on any atom is 0.120 e. The van der Waals surface area contributed by atoms with Crippen LogP contribution < -0.4 is 4.74 Å². The highest BCUT2D eigenvalue weighted by Gasteiger charge is 2.04. The summed E-state index contributed by atoms with van der Waals surface area (Å²) in [5, 5.41) is 9.03. The fraction of sp³-hybridized carbons (Fsp3) is 0.235. The number of ether oxygens (including phenoxy) is 1. The summed E-state index contributed by atoms with van der Waals surface area (Å²) in [5.74, 6) is 1.33. The monoisotopic (exact) mass is 251 g/mol. The van der Waals surface area contributed by atoms with E-state index in [-0.39, 0.29) is 0 Å². The van der Waals surface area contributed by atoms with Crippen LogP contribution in [0, 0.1) is 11.3 Å². The molecule has 0 unspecified atom stereocenters. The highest BCUT2D eigenvalue weighted by atomic mass is 16.5. The van der Waals surface area contributed by atoms with Gasteiger partial charge in [-0.05, 0) is 29.7 Å². The molecule has 2 nitrogen and oxygen atoms in total. The van der Waals surface area contributed by atoms with Gasteiger partial charge >= 0.3 is 0 Å². The van der Waals surface area contributed by atoms with Gasteiger partial charge in [0.05, 0.1) is 11.6 Å². The number of rotatable bonds is 4. The van der Waals surface area contributed by atoms with E-state index in [1.807, 2.05) is 36.4 Å². The minimum absolute atomic E-state index is 0.422. The molecule has 2 aromatic carbocycles. The molecule has 0 atom stereocenters. The second-order valence-corrected chi connectivity index (χ2v) is 4.78. The van der Waals surface area contributed by atoms with Crippen LogP contribution in [0.3, 0.4) is 0 Å². The van der Waals surface area contributed by atoms with Crippen molar-refractivity contribution in [2.75, 3.05) is 0 Å². The number of nitrogens with zero attached hydrogens (tertiary/aromatic N) is 1. The Morgan fingerprint density at radius 2 is 1.89 bits per heavy atom. The van der Waals surface area contributed by atoms with E-state index in [4.69, 9.17) is 10.00 Å². The van der Waals surface area contributed by atoms with Gasteiger partial charge in [0.1, 0.15) is 12.4 Å². The van der Waals surface area contributed by atoms with Crippen LogP contribution in [-0.2, 0) is 6.61 Å². The highest BCUT2D eigenvalue weighted by Crippen LogP contribution is 2.21. The van der Waals surface area contributed by atoms with Gasteiger partial charge in [0.2, 0.25) is 0 Å². The molecule has 0 amide bonds. The molecular weight excluding hydrogens is 234 g/mol. The Morgan fingerprint density at radius 3 is 2.63 bits per heavy atom. The van der Waals surface area contributed by atoms with Gasteiger partial charge in [0, 0.05) is 5.56 Å². The number of hydrogen-bond acceptors (Lipinski definition) is 2. The molecule has 0 aromatic heterocycles. The zero-order chi connectivity index (χ0) is 13.7. The largest absolute Gasteiger partial charge is 0.489 e. The van der Waals surface area contributed by atoms with Crippen molar-refractivity contribution in [1.82, 2.24) is 0 Å². The van der Waals surface area contributed by atoms with E-state index in [1.165, 1.54) is 5.56 Å². The van der Waals surface area contributed by atoms with Crippen molar-refractivity contribution in [2.24, 2.45) is 0 Å². The van der Waals surface area contributed by atoms with Crippen molar-refractivity contribution < 1.29 is 4.74 Å². The predicted octanol–water partition coefficient (Wildman–Crippen LogP) is 4.26. The van der Waals surface area contributed by atoms with Crippen molar-refractivity contribution in [2.45, 2.75) is 26.4 Å². The van der Waals surface area contributed by atoms with Gasteiger partial charge in [0.25, 0.3) is 0 Å². The second-order valence-electron chi connectivity index (χ2n) is 4.78. The standard InChI is InChI=1S/C17H17NO/c1-13(2)14-8-5-9-17(10-14)19-12-16-7-4-3-6-15(16)11-18/h3-10,13H,12H2,1-2H3. The lowest BCUT2D eigenvalue weighted by atomic mass is 10.0. The Bertz CT molecular complexity index is 596. The Labute approximate surface area is 114 Å². The van der Waals surface area contributed by atoms with Crippen LogP contribution in [0.1, 0.15) is 36.5 Å². The molecule has 0 aliphatic rings. The molecule has 0 saturated carbocycles. The Hall–Kier alpha value is -2.27. The molecule has 0 aliphatic heterocycles. The summed E-state index contributed by atoms with van der Waals surface area (Å²) in [7, 11) is 0. The van der Waals surface area contributed by atoms with Crippen LogP contribution in [-0.4, -0.2) is 0 Å².